The zero-order chi connectivity index (χ0) is 13.2. The normalized spacial score (nSPS) is 29.2. The molecular formula is C12H16O6. The highest BCUT2D eigenvalue weighted by Crippen LogP contribution is 2.37. The van der Waals surface area contributed by atoms with E-state index < -0.39 is 29.9 Å². The lowest BCUT2D eigenvalue weighted by Gasteiger charge is -2.26. The Bertz CT molecular complexity index is 351. The van der Waals surface area contributed by atoms with Gasteiger partial charge in [0.15, 0.2) is 18.0 Å². The summed E-state index contributed by atoms with van der Waals surface area (Å²) >= 11 is 0. The van der Waals surface area contributed by atoms with Gasteiger partial charge in [-0.25, -0.2) is 9.59 Å². The van der Waals surface area contributed by atoms with Crippen molar-refractivity contribution in [3.05, 3.63) is 12.2 Å². The number of carbonyl (C=O) groups excluding carboxylic acids is 2. The van der Waals surface area contributed by atoms with Crippen molar-refractivity contribution in [1.82, 2.24) is 0 Å². The molecule has 18 heavy (non-hydrogen) atoms. The van der Waals surface area contributed by atoms with Crippen LogP contribution in [0.5, 0.6) is 0 Å². The molecule has 1 fully saturated rings. The van der Waals surface area contributed by atoms with Gasteiger partial charge < -0.3 is 18.9 Å². The van der Waals surface area contributed by atoms with Gasteiger partial charge in [0, 0.05) is 6.42 Å². The summed E-state index contributed by atoms with van der Waals surface area (Å²) in [7, 11) is 2.48. The van der Waals surface area contributed by atoms with E-state index in [1.807, 2.05) is 6.08 Å². The molecule has 0 amide bonds. The molecule has 2 atom stereocenters. The van der Waals surface area contributed by atoms with Crippen LogP contribution in [0.1, 0.15) is 19.3 Å². The van der Waals surface area contributed by atoms with Gasteiger partial charge in [0.25, 0.3) is 0 Å². The smallest absolute Gasteiger partial charge is 0.338 e. The van der Waals surface area contributed by atoms with Gasteiger partial charge in [-0.15, -0.1) is 0 Å². The summed E-state index contributed by atoms with van der Waals surface area (Å²) in [6, 6.07) is 0. The summed E-state index contributed by atoms with van der Waals surface area (Å²) in [5, 5.41) is 0. The van der Waals surface area contributed by atoms with E-state index in [4.69, 9.17) is 9.47 Å². The maximum absolute atomic E-state index is 11.6. The predicted octanol–water partition coefficient (Wildman–Crippen LogP) is 0.553. The lowest BCUT2D eigenvalue weighted by molar-refractivity contribution is -0.170. The summed E-state index contributed by atoms with van der Waals surface area (Å²) in [4.78, 5) is 23.2. The van der Waals surface area contributed by atoms with Gasteiger partial charge in [-0.3, -0.25) is 0 Å². The molecule has 1 heterocycles. The van der Waals surface area contributed by atoms with Crippen molar-refractivity contribution in [2.24, 2.45) is 0 Å². The van der Waals surface area contributed by atoms with E-state index in [2.05, 4.69) is 9.47 Å². The molecule has 1 aliphatic carbocycles. The van der Waals surface area contributed by atoms with E-state index >= 15 is 0 Å². The number of methoxy groups -OCH3 is 2. The molecule has 0 N–H and O–H groups in total. The van der Waals surface area contributed by atoms with Gasteiger partial charge in [0.05, 0.1) is 14.2 Å². The molecule has 1 aliphatic heterocycles. The Morgan fingerprint density at radius 1 is 1.17 bits per heavy atom. The van der Waals surface area contributed by atoms with E-state index in [0.717, 1.165) is 12.8 Å². The van der Waals surface area contributed by atoms with Crippen molar-refractivity contribution in [2.45, 2.75) is 37.3 Å². The Kier molecular flexibility index (Phi) is 3.68. The van der Waals surface area contributed by atoms with Gasteiger partial charge >= 0.3 is 11.9 Å². The SMILES string of the molecule is COC(=O)[C@H]1OC2(C=CCCC2)O[C@@H]1C(=O)OC. The first-order valence-corrected chi connectivity index (χ1v) is 5.81. The molecule has 0 saturated carbocycles. The fraction of sp³-hybridized carbons (Fsp3) is 0.667. The summed E-state index contributed by atoms with van der Waals surface area (Å²) in [5.74, 6) is -2.28. The van der Waals surface area contributed by atoms with Crippen LogP contribution in [-0.2, 0) is 28.5 Å². The molecule has 0 bridgehead atoms. The molecule has 2 aliphatic rings. The highest BCUT2D eigenvalue weighted by molar-refractivity contribution is 5.86. The third-order valence-corrected chi connectivity index (χ3v) is 3.06. The van der Waals surface area contributed by atoms with Crippen molar-refractivity contribution in [3.63, 3.8) is 0 Å². The minimum Gasteiger partial charge on any atom is -0.467 e. The Hall–Kier alpha value is -1.40. The van der Waals surface area contributed by atoms with Crippen molar-refractivity contribution in [3.8, 4) is 0 Å². The number of ether oxygens (including phenoxy) is 4. The van der Waals surface area contributed by atoms with Crippen LogP contribution >= 0.6 is 0 Å². The largest absolute Gasteiger partial charge is 0.467 e. The Morgan fingerprint density at radius 3 is 2.11 bits per heavy atom. The Labute approximate surface area is 105 Å². The lowest BCUT2D eigenvalue weighted by Crippen LogP contribution is -2.38. The minimum atomic E-state index is -1.08. The van der Waals surface area contributed by atoms with Crippen LogP contribution in [0.2, 0.25) is 0 Å². The van der Waals surface area contributed by atoms with E-state index in [1.54, 1.807) is 6.08 Å². The summed E-state index contributed by atoms with van der Waals surface area (Å²) in [6.45, 7) is 0. The molecule has 6 heteroatoms. The first-order chi connectivity index (χ1) is 8.62. The highest BCUT2D eigenvalue weighted by atomic mass is 16.8. The molecule has 100 valence electrons. The molecule has 0 radical (unpaired) electrons. The van der Waals surface area contributed by atoms with Crippen LogP contribution in [0.3, 0.4) is 0 Å². The number of hydrogen-bond donors (Lipinski definition) is 0. The van der Waals surface area contributed by atoms with Gasteiger partial charge in [-0.2, -0.15) is 0 Å². The average molecular weight is 256 g/mol. The standard InChI is InChI=1S/C12H16O6/c1-15-10(13)8-9(11(14)16-2)18-12(17-8)6-4-3-5-7-12/h4,6,8-9H,3,5,7H2,1-2H3/t8-,9-/m0/s1. The topological polar surface area (TPSA) is 71.1 Å². The van der Waals surface area contributed by atoms with Crippen LogP contribution in [0, 0.1) is 0 Å². The minimum absolute atomic E-state index is 0.602. The second-order valence-electron chi connectivity index (χ2n) is 4.23. The summed E-state index contributed by atoms with van der Waals surface area (Å²) in [6.07, 6.45) is 3.91. The first kappa shape index (κ1) is 13.0. The zero-order valence-electron chi connectivity index (χ0n) is 10.4. The van der Waals surface area contributed by atoms with Gasteiger partial charge in [-0.05, 0) is 18.9 Å². The van der Waals surface area contributed by atoms with E-state index in [9.17, 15) is 9.59 Å². The van der Waals surface area contributed by atoms with Crippen LogP contribution in [0.4, 0.5) is 0 Å². The quantitative estimate of drug-likeness (QED) is 0.531. The second-order valence-corrected chi connectivity index (χ2v) is 4.23. The number of rotatable bonds is 2. The first-order valence-electron chi connectivity index (χ1n) is 5.81. The van der Waals surface area contributed by atoms with Crippen molar-refractivity contribution >= 4 is 11.9 Å². The molecule has 0 aromatic rings. The van der Waals surface area contributed by atoms with Gasteiger partial charge in [0.2, 0.25) is 0 Å². The van der Waals surface area contributed by atoms with Crippen molar-refractivity contribution in [2.75, 3.05) is 14.2 Å². The average Bonchev–Trinajstić information content (AvgIpc) is 2.77. The third kappa shape index (κ3) is 2.26. The van der Waals surface area contributed by atoms with Crippen molar-refractivity contribution < 1.29 is 28.5 Å². The molecule has 2 rings (SSSR count). The third-order valence-electron chi connectivity index (χ3n) is 3.06. The zero-order valence-corrected chi connectivity index (χ0v) is 10.4. The Morgan fingerprint density at radius 2 is 1.72 bits per heavy atom. The molecule has 0 aromatic heterocycles. The fourth-order valence-corrected chi connectivity index (χ4v) is 2.17. The molecule has 0 unspecified atom stereocenters. The monoisotopic (exact) mass is 256 g/mol. The van der Waals surface area contributed by atoms with Crippen molar-refractivity contribution in [1.29, 1.82) is 0 Å². The van der Waals surface area contributed by atoms with Crippen LogP contribution in [0.15, 0.2) is 12.2 Å². The maximum Gasteiger partial charge on any atom is 0.338 e. The molecular weight excluding hydrogens is 240 g/mol. The van der Waals surface area contributed by atoms with E-state index in [-0.39, 0.29) is 0 Å². The number of allylic oxidation sites excluding steroid dienone is 1. The predicted molar refractivity (Wildman–Crippen MR) is 59.5 cm³/mol. The summed E-state index contributed by atoms with van der Waals surface area (Å²) in [5.41, 5.74) is 0. The summed E-state index contributed by atoms with van der Waals surface area (Å²) < 4.78 is 20.4. The number of hydrogen-bond acceptors (Lipinski definition) is 6. The van der Waals surface area contributed by atoms with Crippen LogP contribution in [0.25, 0.3) is 0 Å². The fourth-order valence-electron chi connectivity index (χ4n) is 2.17. The molecule has 0 aromatic carbocycles. The Balaban J connectivity index is 2.22. The molecule has 6 nitrogen and oxygen atoms in total. The van der Waals surface area contributed by atoms with Crippen LogP contribution < -0.4 is 0 Å². The van der Waals surface area contributed by atoms with E-state index in [1.165, 1.54) is 14.2 Å². The lowest BCUT2D eigenvalue weighted by atomic mass is 10.0. The number of esters is 2. The van der Waals surface area contributed by atoms with E-state index in [0.29, 0.717) is 6.42 Å². The maximum atomic E-state index is 11.6. The second kappa shape index (κ2) is 5.07. The molecule has 1 saturated heterocycles. The molecule has 1 spiro atoms. The highest BCUT2D eigenvalue weighted by Gasteiger charge is 2.53. The number of carbonyl (C=O) groups is 2. The van der Waals surface area contributed by atoms with Gasteiger partial charge in [0.1, 0.15) is 0 Å². The van der Waals surface area contributed by atoms with Gasteiger partial charge in [-0.1, -0.05) is 6.08 Å². The van der Waals surface area contributed by atoms with Crippen LogP contribution in [-0.4, -0.2) is 44.2 Å².